The van der Waals surface area contributed by atoms with E-state index in [1.165, 1.54) is 24.8 Å². The van der Waals surface area contributed by atoms with Crippen molar-refractivity contribution in [1.82, 2.24) is 5.32 Å². The van der Waals surface area contributed by atoms with Gasteiger partial charge in [0.2, 0.25) is 0 Å². The molecule has 1 saturated carbocycles. The maximum Gasteiger partial charge on any atom is 0.123 e. The molecule has 0 bridgehead atoms. The highest BCUT2D eigenvalue weighted by atomic mass is 16.5. The van der Waals surface area contributed by atoms with Crippen LogP contribution in [-0.2, 0) is 0 Å². The smallest absolute Gasteiger partial charge is 0.123 e. The molecule has 1 aliphatic carbocycles. The molecular weight excluding hydrogens is 246 g/mol. The Morgan fingerprint density at radius 3 is 2.70 bits per heavy atom. The third-order valence-electron chi connectivity index (χ3n) is 4.19. The summed E-state index contributed by atoms with van der Waals surface area (Å²) in [5, 5.41) is 3.56. The first-order valence-electron chi connectivity index (χ1n) is 8.19. The van der Waals surface area contributed by atoms with Crippen LogP contribution in [0.3, 0.4) is 0 Å². The van der Waals surface area contributed by atoms with E-state index in [0.717, 1.165) is 31.2 Å². The van der Waals surface area contributed by atoms with E-state index >= 15 is 0 Å². The minimum Gasteiger partial charge on any atom is -0.490 e. The Balaban J connectivity index is 1.78. The lowest BCUT2D eigenvalue weighted by atomic mass is 9.98. The average Bonchev–Trinajstić information content (AvgIpc) is 3.27. The highest BCUT2D eigenvalue weighted by Gasteiger charge is 2.19. The van der Waals surface area contributed by atoms with Gasteiger partial charge in [0.15, 0.2) is 0 Å². The molecule has 0 spiro atoms. The third-order valence-corrected chi connectivity index (χ3v) is 4.19. The summed E-state index contributed by atoms with van der Waals surface area (Å²) >= 11 is 0. The fraction of sp³-hybridized carbons (Fsp3) is 0.667. The predicted octanol–water partition coefficient (Wildman–Crippen LogP) is 4.50. The second-order valence-corrected chi connectivity index (χ2v) is 6.15. The molecule has 0 aliphatic heterocycles. The summed E-state index contributed by atoms with van der Waals surface area (Å²) in [5.41, 5.74) is 1.35. The molecule has 1 aromatic rings. The van der Waals surface area contributed by atoms with Crippen LogP contribution in [0.1, 0.15) is 64.4 Å². The number of hydrogen-bond acceptors (Lipinski definition) is 2. The van der Waals surface area contributed by atoms with E-state index in [9.17, 15) is 0 Å². The Morgan fingerprint density at radius 1 is 1.25 bits per heavy atom. The average molecular weight is 275 g/mol. The molecule has 112 valence electrons. The van der Waals surface area contributed by atoms with Crippen molar-refractivity contribution in [1.29, 1.82) is 0 Å². The summed E-state index contributed by atoms with van der Waals surface area (Å²) in [7, 11) is 0. The van der Waals surface area contributed by atoms with Crippen molar-refractivity contribution in [3.05, 3.63) is 29.8 Å². The number of benzene rings is 1. The van der Waals surface area contributed by atoms with Crippen LogP contribution >= 0.6 is 0 Å². The summed E-state index contributed by atoms with van der Waals surface area (Å²) in [6.07, 6.45) is 6.50. The second-order valence-electron chi connectivity index (χ2n) is 6.15. The molecule has 2 heteroatoms. The SMILES string of the molecule is CCC(C)c1ccccc1OC(C)CCCNC1CC1. The Hall–Kier alpha value is -1.02. The minimum absolute atomic E-state index is 0.293. The van der Waals surface area contributed by atoms with E-state index in [0.29, 0.717) is 12.0 Å². The van der Waals surface area contributed by atoms with Gasteiger partial charge in [0.05, 0.1) is 6.10 Å². The first-order chi connectivity index (χ1) is 9.70. The first kappa shape index (κ1) is 15.4. The monoisotopic (exact) mass is 275 g/mol. The maximum atomic E-state index is 6.16. The van der Waals surface area contributed by atoms with Gasteiger partial charge in [-0.15, -0.1) is 0 Å². The molecule has 2 rings (SSSR count). The zero-order chi connectivity index (χ0) is 14.4. The fourth-order valence-corrected chi connectivity index (χ4v) is 2.47. The number of hydrogen-bond donors (Lipinski definition) is 1. The molecule has 2 nitrogen and oxygen atoms in total. The molecular formula is C18H29NO. The van der Waals surface area contributed by atoms with Gasteiger partial charge in [0.1, 0.15) is 5.75 Å². The fourth-order valence-electron chi connectivity index (χ4n) is 2.47. The van der Waals surface area contributed by atoms with Crippen molar-refractivity contribution >= 4 is 0 Å². The standard InChI is InChI=1S/C18H29NO/c1-4-14(2)17-9-5-6-10-18(17)20-15(3)8-7-13-19-16-11-12-16/h5-6,9-10,14-16,19H,4,7-8,11-13H2,1-3H3. The molecule has 20 heavy (non-hydrogen) atoms. The van der Waals surface area contributed by atoms with Gasteiger partial charge in [0.25, 0.3) is 0 Å². The quantitative estimate of drug-likeness (QED) is 0.670. The lowest BCUT2D eigenvalue weighted by molar-refractivity contribution is 0.204. The van der Waals surface area contributed by atoms with Gasteiger partial charge in [0, 0.05) is 6.04 Å². The Morgan fingerprint density at radius 2 is 2.00 bits per heavy atom. The predicted molar refractivity (Wildman–Crippen MR) is 85.5 cm³/mol. The van der Waals surface area contributed by atoms with Gasteiger partial charge in [-0.2, -0.15) is 0 Å². The lowest BCUT2D eigenvalue weighted by Gasteiger charge is -2.20. The zero-order valence-corrected chi connectivity index (χ0v) is 13.2. The van der Waals surface area contributed by atoms with E-state index in [2.05, 4.69) is 50.4 Å². The van der Waals surface area contributed by atoms with Crippen LogP contribution < -0.4 is 10.1 Å². The molecule has 0 heterocycles. The van der Waals surface area contributed by atoms with Crippen LogP contribution in [0, 0.1) is 0 Å². The summed E-state index contributed by atoms with van der Waals surface area (Å²) in [6.45, 7) is 7.82. The van der Waals surface area contributed by atoms with Crippen molar-refractivity contribution in [3.8, 4) is 5.75 Å². The topological polar surface area (TPSA) is 21.3 Å². The Kier molecular flexibility index (Phi) is 5.90. The molecule has 0 radical (unpaired) electrons. The van der Waals surface area contributed by atoms with Crippen LogP contribution in [0.15, 0.2) is 24.3 Å². The number of rotatable bonds is 9. The minimum atomic E-state index is 0.293. The van der Waals surface area contributed by atoms with Crippen molar-refractivity contribution in [2.75, 3.05) is 6.54 Å². The lowest BCUT2D eigenvalue weighted by Crippen LogP contribution is -2.20. The molecule has 2 unspecified atom stereocenters. The van der Waals surface area contributed by atoms with Gasteiger partial charge >= 0.3 is 0 Å². The van der Waals surface area contributed by atoms with Crippen molar-refractivity contribution in [3.63, 3.8) is 0 Å². The number of ether oxygens (including phenoxy) is 1. The van der Waals surface area contributed by atoms with Crippen LogP contribution in [0.25, 0.3) is 0 Å². The van der Waals surface area contributed by atoms with Crippen LogP contribution in [0.2, 0.25) is 0 Å². The van der Waals surface area contributed by atoms with Crippen LogP contribution in [-0.4, -0.2) is 18.7 Å². The van der Waals surface area contributed by atoms with E-state index in [1.807, 2.05) is 0 Å². The van der Waals surface area contributed by atoms with E-state index < -0.39 is 0 Å². The van der Waals surface area contributed by atoms with Crippen molar-refractivity contribution in [2.45, 2.75) is 70.9 Å². The Labute approximate surface area is 123 Å². The van der Waals surface area contributed by atoms with Gasteiger partial charge in [-0.1, -0.05) is 32.0 Å². The van der Waals surface area contributed by atoms with Crippen molar-refractivity contribution in [2.24, 2.45) is 0 Å². The highest BCUT2D eigenvalue weighted by molar-refractivity contribution is 5.36. The third kappa shape index (κ3) is 4.82. The van der Waals surface area contributed by atoms with Gasteiger partial charge < -0.3 is 10.1 Å². The molecule has 0 saturated heterocycles. The van der Waals surface area contributed by atoms with Crippen LogP contribution in [0.4, 0.5) is 0 Å². The Bertz CT molecular complexity index is 400. The van der Waals surface area contributed by atoms with Crippen LogP contribution in [0.5, 0.6) is 5.75 Å². The maximum absolute atomic E-state index is 6.16. The van der Waals surface area contributed by atoms with E-state index in [-0.39, 0.29) is 0 Å². The summed E-state index contributed by atoms with van der Waals surface area (Å²) in [6, 6.07) is 9.31. The number of nitrogens with one attached hydrogen (secondary N) is 1. The van der Waals surface area contributed by atoms with E-state index in [4.69, 9.17) is 4.74 Å². The normalized spacial score (nSPS) is 17.8. The first-order valence-corrected chi connectivity index (χ1v) is 8.19. The van der Waals surface area contributed by atoms with Gasteiger partial charge in [-0.25, -0.2) is 0 Å². The highest BCUT2D eigenvalue weighted by Crippen LogP contribution is 2.29. The molecule has 1 aromatic carbocycles. The summed E-state index contributed by atoms with van der Waals surface area (Å²) in [5.74, 6) is 1.64. The van der Waals surface area contributed by atoms with Gasteiger partial charge in [-0.3, -0.25) is 0 Å². The molecule has 1 N–H and O–H groups in total. The molecule has 1 fully saturated rings. The van der Waals surface area contributed by atoms with Crippen molar-refractivity contribution < 1.29 is 4.74 Å². The summed E-state index contributed by atoms with van der Waals surface area (Å²) < 4.78 is 6.16. The molecule has 0 amide bonds. The largest absolute Gasteiger partial charge is 0.490 e. The second kappa shape index (κ2) is 7.68. The molecule has 0 aromatic heterocycles. The summed E-state index contributed by atoms with van der Waals surface area (Å²) in [4.78, 5) is 0. The zero-order valence-electron chi connectivity index (χ0n) is 13.2. The molecule has 1 aliphatic rings. The van der Waals surface area contributed by atoms with E-state index in [1.54, 1.807) is 0 Å². The molecule has 2 atom stereocenters. The number of para-hydroxylation sites is 1. The van der Waals surface area contributed by atoms with Gasteiger partial charge in [-0.05, 0) is 63.1 Å².